The molecular formula is C15H14ClFN2O2. The molecule has 2 aromatic carbocycles. The van der Waals surface area contributed by atoms with Gasteiger partial charge in [0.15, 0.2) is 6.61 Å². The van der Waals surface area contributed by atoms with Gasteiger partial charge in [-0.15, -0.1) is 0 Å². The molecule has 0 saturated carbocycles. The molecule has 6 heteroatoms. The minimum Gasteiger partial charge on any atom is -0.482 e. The molecule has 0 bridgehead atoms. The summed E-state index contributed by atoms with van der Waals surface area (Å²) in [6.07, 6.45) is 0. The van der Waals surface area contributed by atoms with Crippen molar-refractivity contribution in [2.75, 3.05) is 17.7 Å². The Morgan fingerprint density at radius 3 is 2.81 bits per heavy atom. The van der Waals surface area contributed by atoms with Crippen LogP contribution < -0.4 is 15.8 Å². The summed E-state index contributed by atoms with van der Waals surface area (Å²) in [6, 6.07) is 9.15. The molecule has 0 unspecified atom stereocenters. The number of aryl methyl sites for hydroxylation is 1. The van der Waals surface area contributed by atoms with Gasteiger partial charge in [-0.1, -0.05) is 17.7 Å². The van der Waals surface area contributed by atoms with Crippen LogP contribution in [0.2, 0.25) is 5.02 Å². The molecule has 1 amide bonds. The van der Waals surface area contributed by atoms with E-state index in [-0.39, 0.29) is 12.3 Å². The van der Waals surface area contributed by atoms with Crippen LogP contribution in [0.1, 0.15) is 5.56 Å². The highest BCUT2D eigenvalue weighted by Crippen LogP contribution is 2.25. The van der Waals surface area contributed by atoms with E-state index < -0.39 is 11.7 Å². The van der Waals surface area contributed by atoms with Crippen molar-refractivity contribution in [2.24, 2.45) is 0 Å². The van der Waals surface area contributed by atoms with Crippen molar-refractivity contribution in [3.8, 4) is 5.75 Å². The van der Waals surface area contributed by atoms with E-state index >= 15 is 0 Å². The monoisotopic (exact) mass is 308 g/mol. The minimum absolute atomic E-state index is 0.0126. The Bertz CT molecular complexity index is 677. The summed E-state index contributed by atoms with van der Waals surface area (Å²) in [5, 5.41) is 2.80. The van der Waals surface area contributed by atoms with Gasteiger partial charge < -0.3 is 15.8 Å². The Labute approximate surface area is 126 Å². The average Bonchev–Trinajstić information content (AvgIpc) is 2.42. The Kier molecular flexibility index (Phi) is 4.65. The van der Waals surface area contributed by atoms with Crippen LogP contribution in [0.5, 0.6) is 5.75 Å². The number of amides is 1. The number of ether oxygens (including phenoxy) is 1. The van der Waals surface area contributed by atoms with Crippen molar-refractivity contribution in [3.63, 3.8) is 0 Å². The number of rotatable bonds is 4. The molecule has 0 aromatic heterocycles. The Morgan fingerprint density at radius 2 is 2.10 bits per heavy atom. The third-order valence-electron chi connectivity index (χ3n) is 2.71. The van der Waals surface area contributed by atoms with Crippen molar-refractivity contribution in [1.82, 2.24) is 0 Å². The van der Waals surface area contributed by atoms with Gasteiger partial charge in [0.1, 0.15) is 11.6 Å². The van der Waals surface area contributed by atoms with Crippen molar-refractivity contribution >= 4 is 28.9 Å². The number of hydrogen-bond donors (Lipinski definition) is 2. The second-order valence-electron chi connectivity index (χ2n) is 4.51. The molecule has 21 heavy (non-hydrogen) atoms. The van der Waals surface area contributed by atoms with Gasteiger partial charge in [-0.25, -0.2) is 4.39 Å². The van der Waals surface area contributed by atoms with E-state index in [0.29, 0.717) is 16.5 Å². The number of nitrogens with two attached hydrogens (primary N) is 1. The van der Waals surface area contributed by atoms with Crippen LogP contribution in [0.15, 0.2) is 36.4 Å². The lowest BCUT2D eigenvalue weighted by Gasteiger charge is -2.10. The first kappa shape index (κ1) is 15.1. The van der Waals surface area contributed by atoms with Crippen LogP contribution in [0.25, 0.3) is 0 Å². The lowest BCUT2D eigenvalue weighted by molar-refractivity contribution is -0.118. The average molecular weight is 309 g/mol. The standard InChI is InChI=1S/C15H14ClFN2O2/c1-9-2-5-14(11(16)6-9)21-8-15(20)19-13-7-10(18)3-4-12(13)17/h2-7H,8,18H2,1H3,(H,19,20). The van der Waals surface area contributed by atoms with E-state index in [1.807, 2.05) is 13.0 Å². The first-order valence-corrected chi connectivity index (χ1v) is 6.57. The maximum atomic E-state index is 13.5. The number of hydrogen-bond acceptors (Lipinski definition) is 3. The van der Waals surface area contributed by atoms with E-state index in [1.165, 1.54) is 18.2 Å². The molecule has 0 aliphatic heterocycles. The number of halogens is 2. The van der Waals surface area contributed by atoms with Crippen LogP contribution in [-0.2, 0) is 4.79 Å². The van der Waals surface area contributed by atoms with Crippen molar-refractivity contribution in [1.29, 1.82) is 0 Å². The Hall–Kier alpha value is -2.27. The molecule has 0 heterocycles. The van der Waals surface area contributed by atoms with E-state index in [9.17, 15) is 9.18 Å². The predicted molar refractivity (Wildman–Crippen MR) is 81.1 cm³/mol. The SMILES string of the molecule is Cc1ccc(OCC(=O)Nc2cc(N)ccc2F)c(Cl)c1. The molecule has 0 spiro atoms. The highest BCUT2D eigenvalue weighted by atomic mass is 35.5. The van der Waals surface area contributed by atoms with Crippen LogP contribution in [-0.4, -0.2) is 12.5 Å². The fraction of sp³-hybridized carbons (Fsp3) is 0.133. The van der Waals surface area contributed by atoms with Gasteiger partial charge in [-0.05, 0) is 42.8 Å². The molecule has 2 aromatic rings. The summed E-state index contributed by atoms with van der Waals surface area (Å²) in [5.74, 6) is -0.674. The summed E-state index contributed by atoms with van der Waals surface area (Å²) in [7, 11) is 0. The number of nitrogens with one attached hydrogen (secondary N) is 1. The van der Waals surface area contributed by atoms with Gasteiger partial charge in [0.05, 0.1) is 10.7 Å². The van der Waals surface area contributed by atoms with Gasteiger partial charge in [0.2, 0.25) is 0 Å². The highest BCUT2D eigenvalue weighted by molar-refractivity contribution is 6.32. The van der Waals surface area contributed by atoms with Gasteiger partial charge in [-0.2, -0.15) is 0 Å². The molecule has 0 aliphatic rings. The zero-order chi connectivity index (χ0) is 15.4. The lowest BCUT2D eigenvalue weighted by atomic mass is 10.2. The zero-order valence-corrected chi connectivity index (χ0v) is 12.1. The number of benzene rings is 2. The molecule has 2 rings (SSSR count). The second kappa shape index (κ2) is 6.45. The van der Waals surface area contributed by atoms with Crippen molar-refractivity contribution in [2.45, 2.75) is 6.92 Å². The summed E-state index contributed by atoms with van der Waals surface area (Å²) < 4.78 is 18.8. The maximum absolute atomic E-state index is 13.5. The highest BCUT2D eigenvalue weighted by Gasteiger charge is 2.09. The molecular weight excluding hydrogens is 295 g/mol. The largest absolute Gasteiger partial charge is 0.482 e. The number of nitrogen functional groups attached to an aromatic ring is 1. The number of carbonyl (C=O) groups excluding carboxylic acids is 1. The summed E-state index contributed by atoms with van der Waals surface area (Å²) in [5.41, 5.74) is 6.89. The van der Waals surface area contributed by atoms with Gasteiger partial charge in [0.25, 0.3) is 5.91 Å². The fourth-order valence-electron chi connectivity index (χ4n) is 1.69. The zero-order valence-electron chi connectivity index (χ0n) is 11.3. The molecule has 0 radical (unpaired) electrons. The molecule has 0 fully saturated rings. The second-order valence-corrected chi connectivity index (χ2v) is 4.92. The minimum atomic E-state index is -0.564. The Balaban J connectivity index is 1.97. The van der Waals surface area contributed by atoms with E-state index in [0.717, 1.165) is 5.56 Å². The normalized spacial score (nSPS) is 10.2. The summed E-state index contributed by atoms with van der Waals surface area (Å²) >= 11 is 5.99. The summed E-state index contributed by atoms with van der Waals surface area (Å²) in [6.45, 7) is 1.61. The molecule has 0 saturated heterocycles. The fourth-order valence-corrected chi connectivity index (χ4v) is 1.98. The van der Waals surface area contributed by atoms with Gasteiger partial charge in [-0.3, -0.25) is 4.79 Å². The quantitative estimate of drug-likeness (QED) is 0.851. The van der Waals surface area contributed by atoms with E-state index in [2.05, 4.69) is 5.32 Å². The maximum Gasteiger partial charge on any atom is 0.262 e. The van der Waals surface area contributed by atoms with Gasteiger partial charge >= 0.3 is 0 Å². The van der Waals surface area contributed by atoms with E-state index in [4.69, 9.17) is 22.1 Å². The third-order valence-corrected chi connectivity index (χ3v) is 3.01. The molecule has 0 atom stereocenters. The van der Waals surface area contributed by atoms with Gasteiger partial charge in [0, 0.05) is 5.69 Å². The smallest absolute Gasteiger partial charge is 0.262 e. The van der Waals surface area contributed by atoms with E-state index in [1.54, 1.807) is 12.1 Å². The number of anilines is 2. The topological polar surface area (TPSA) is 64.3 Å². The number of carbonyl (C=O) groups is 1. The molecule has 3 N–H and O–H groups in total. The summed E-state index contributed by atoms with van der Waals surface area (Å²) in [4.78, 5) is 11.7. The third kappa shape index (κ3) is 4.10. The first-order valence-electron chi connectivity index (χ1n) is 6.19. The predicted octanol–water partition coefficient (Wildman–Crippen LogP) is 3.39. The van der Waals surface area contributed by atoms with Crippen LogP contribution in [0, 0.1) is 12.7 Å². The first-order chi connectivity index (χ1) is 9.95. The molecule has 110 valence electrons. The lowest BCUT2D eigenvalue weighted by Crippen LogP contribution is -2.21. The van der Waals surface area contributed by atoms with Crippen LogP contribution in [0.3, 0.4) is 0 Å². The molecule has 4 nitrogen and oxygen atoms in total. The van der Waals surface area contributed by atoms with Crippen LogP contribution >= 0.6 is 11.6 Å². The molecule has 0 aliphatic carbocycles. The van der Waals surface area contributed by atoms with Crippen molar-refractivity contribution in [3.05, 3.63) is 52.8 Å². The van der Waals surface area contributed by atoms with Crippen LogP contribution in [0.4, 0.5) is 15.8 Å². The van der Waals surface area contributed by atoms with Crippen molar-refractivity contribution < 1.29 is 13.9 Å². The Morgan fingerprint density at radius 1 is 1.33 bits per heavy atom.